The van der Waals surface area contributed by atoms with E-state index in [-0.39, 0.29) is 5.41 Å². The minimum atomic E-state index is 0.0618. The van der Waals surface area contributed by atoms with Crippen molar-refractivity contribution in [2.45, 2.75) is 26.2 Å². The Kier molecular flexibility index (Phi) is 2.53. The molecule has 0 saturated carbocycles. The van der Waals surface area contributed by atoms with Gasteiger partial charge in [-0.15, -0.1) is 0 Å². The van der Waals surface area contributed by atoms with Gasteiger partial charge in [-0.25, -0.2) is 0 Å². The lowest BCUT2D eigenvalue weighted by Crippen LogP contribution is -2.13. The van der Waals surface area contributed by atoms with Gasteiger partial charge in [0.25, 0.3) is 0 Å². The third-order valence-electron chi connectivity index (χ3n) is 1.86. The Morgan fingerprint density at radius 2 is 1.75 bits per heavy atom. The van der Waals surface area contributed by atoms with Gasteiger partial charge in [0.1, 0.15) is 0 Å². The Morgan fingerprint density at radius 3 is 2.17 bits per heavy atom. The SMILES string of the molecule is CC(C)(C)c1ccccc1[C]O. The van der Waals surface area contributed by atoms with E-state index in [1.54, 1.807) is 0 Å². The van der Waals surface area contributed by atoms with Gasteiger partial charge in [0.15, 0.2) is 6.61 Å². The van der Waals surface area contributed by atoms with Crippen LogP contribution in [0.3, 0.4) is 0 Å². The topological polar surface area (TPSA) is 20.2 Å². The third-order valence-corrected chi connectivity index (χ3v) is 1.86. The van der Waals surface area contributed by atoms with Crippen molar-refractivity contribution in [1.29, 1.82) is 0 Å². The van der Waals surface area contributed by atoms with Crippen molar-refractivity contribution in [3.05, 3.63) is 42.0 Å². The monoisotopic (exact) mass is 162 g/mol. The van der Waals surface area contributed by atoms with E-state index in [9.17, 15) is 0 Å². The lowest BCUT2D eigenvalue weighted by atomic mass is 9.84. The maximum Gasteiger partial charge on any atom is 0.162 e. The van der Waals surface area contributed by atoms with Crippen LogP contribution in [0.4, 0.5) is 0 Å². The summed E-state index contributed by atoms with van der Waals surface area (Å²) in [7, 11) is 0. The molecule has 0 amide bonds. The number of rotatable bonds is 1. The molecule has 2 radical (unpaired) electrons. The second-order valence-electron chi connectivity index (χ2n) is 3.91. The summed E-state index contributed by atoms with van der Waals surface area (Å²) in [5.74, 6) is 0. The van der Waals surface area contributed by atoms with Crippen molar-refractivity contribution in [3.8, 4) is 0 Å². The molecule has 0 spiro atoms. The molecule has 1 rings (SSSR count). The molecule has 0 aliphatic rings. The Labute approximate surface area is 74.1 Å². The van der Waals surface area contributed by atoms with Gasteiger partial charge >= 0.3 is 0 Å². The molecular formula is C11H14O. The summed E-state index contributed by atoms with van der Waals surface area (Å²) < 4.78 is 0. The van der Waals surface area contributed by atoms with Crippen LogP contribution in [0.15, 0.2) is 24.3 Å². The van der Waals surface area contributed by atoms with E-state index in [4.69, 9.17) is 5.11 Å². The number of aliphatic hydroxyl groups excluding tert-OH is 1. The molecule has 1 heteroatoms. The molecule has 0 saturated heterocycles. The maximum atomic E-state index is 8.83. The van der Waals surface area contributed by atoms with E-state index >= 15 is 0 Å². The second kappa shape index (κ2) is 3.28. The predicted molar refractivity (Wildman–Crippen MR) is 49.4 cm³/mol. The van der Waals surface area contributed by atoms with E-state index in [0.29, 0.717) is 0 Å². The van der Waals surface area contributed by atoms with Crippen LogP contribution in [0.25, 0.3) is 0 Å². The van der Waals surface area contributed by atoms with Crippen molar-refractivity contribution in [3.63, 3.8) is 0 Å². The second-order valence-corrected chi connectivity index (χ2v) is 3.91. The molecule has 0 aliphatic carbocycles. The van der Waals surface area contributed by atoms with Gasteiger partial charge in [-0.1, -0.05) is 45.0 Å². The number of hydrogen-bond acceptors (Lipinski definition) is 1. The first-order valence-electron chi connectivity index (χ1n) is 4.05. The molecule has 1 aromatic carbocycles. The largest absolute Gasteiger partial charge is 0.378 e. The first-order chi connectivity index (χ1) is 5.55. The van der Waals surface area contributed by atoms with E-state index in [1.165, 1.54) is 0 Å². The summed E-state index contributed by atoms with van der Waals surface area (Å²) in [6, 6.07) is 7.74. The highest BCUT2D eigenvalue weighted by Gasteiger charge is 2.16. The van der Waals surface area contributed by atoms with Crippen LogP contribution >= 0.6 is 0 Å². The van der Waals surface area contributed by atoms with Gasteiger partial charge in [-0.05, 0) is 16.5 Å². The molecule has 0 atom stereocenters. The highest BCUT2D eigenvalue weighted by molar-refractivity contribution is 5.35. The average molecular weight is 162 g/mol. The van der Waals surface area contributed by atoms with Gasteiger partial charge in [-0.2, -0.15) is 0 Å². The first-order valence-corrected chi connectivity index (χ1v) is 4.05. The fourth-order valence-electron chi connectivity index (χ4n) is 1.23. The van der Waals surface area contributed by atoms with E-state index in [0.717, 1.165) is 11.1 Å². The molecule has 1 nitrogen and oxygen atoms in total. The molecule has 1 N–H and O–H groups in total. The molecule has 12 heavy (non-hydrogen) atoms. The normalized spacial score (nSPS) is 11.7. The van der Waals surface area contributed by atoms with E-state index in [1.807, 2.05) is 24.3 Å². The van der Waals surface area contributed by atoms with Crippen molar-refractivity contribution >= 4 is 0 Å². The van der Waals surface area contributed by atoms with Crippen molar-refractivity contribution in [1.82, 2.24) is 0 Å². The van der Waals surface area contributed by atoms with Crippen LogP contribution in [-0.2, 0) is 5.41 Å². The Hall–Kier alpha value is -0.820. The smallest absolute Gasteiger partial charge is 0.162 e. The summed E-state index contributed by atoms with van der Waals surface area (Å²) in [6.07, 6.45) is 0. The molecule has 1 aromatic rings. The Morgan fingerprint density at radius 1 is 1.17 bits per heavy atom. The number of benzene rings is 1. The summed E-state index contributed by atoms with van der Waals surface area (Å²) >= 11 is 0. The van der Waals surface area contributed by atoms with Gasteiger partial charge < -0.3 is 5.11 Å². The van der Waals surface area contributed by atoms with Gasteiger partial charge in [-0.3, -0.25) is 0 Å². The molecule has 0 fully saturated rings. The molecule has 0 aromatic heterocycles. The number of aliphatic hydroxyl groups is 1. The zero-order valence-corrected chi connectivity index (χ0v) is 7.76. The fraction of sp³-hybridized carbons (Fsp3) is 0.364. The third kappa shape index (κ3) is 1.86. The molecule has 0 unspecified atom stereocenters. The lowest BCUT2D eigenvalue weighted by Gasteiger charge is -2.21. The van der Waals surface area contributed by atoms with Crippen molar-refractivity contribution < 1.29 is 5.11 Å². The zero-order chi connectivity index (χ0) is 9.19. The average Bonchev–Trinajstić information content (AvgIpc) is 2.03. The van der Waals surface area contributed by atoms with Gasteiger partial charge in [0, 0.05) is 0 Å². The van der Waals surface area contributed by atoms with Crippen LogP contribution < -0.4 is 0 Å². The highest BCUT2D eigenvalue weighted by Crippen LogP contribution is 2.25. The van der Waals surface area contributed by atoms with E-state index in [2.05, 4.69) is 27.4 Å². The molecule has 64 valence electrons. The summed E-state index contributed by atoms with van der Waals surface area (Å²) in [5, 5.41) is 8.83. The van der Waals surface area contributed by atoms with Gasteiger partial charge in [0.05, 0.1) is 0 Å². The summed E-state index contributed by atoms with van der Waals surface area (Å²) in [5.41, 5.74) is 1.96. The predicted octanol–water partition coefficient (Wildman–Crippen LogP) is 2.74. The lowest BCUT2D eigenvalue weighted by molar-refractivity contribution is 0.410. The molecule has 0 bridgehead atoms. The molecule has 0 aliphatic heterocycles. The Balaban J connectivity index is 3.14. The summed E-state index contributed by atoms with van der Waals surface area (Å²) in [6.45, 7) is 8.54. The van der Waals surface area contributed by atoms with Crippen molar-refractivity contribution in [2.24, 2.45) is 0 Å². The van der Waals surface area contributed by atoms with Gasteiger partial charge in [0.2, 0.25) is 0 Å². The van der Waals surface area contributed by atoms with Crippen LogP contribution in [0.5, 0.6) is 0 Å². The Bertz CT molecular complexity index is 258. The molecular weight excluding hydrogens is 148 g/mol. The fourth-order valence-corrected chi connectivity index (χ4v) is 1.23. The van der Waals surface area contributed by atoms with E-state index < -0.39 is 0 Å². The highest BCUT2D eigenvalue weighted by atomic mass is 16.3. The number of hydrogen-bond donors (Lipinski definition) is 1. The standard InChI is InChI=1S/C11H14O/c1-11(2,3)10-7-5-4-6-9(10)8-12/h4-7,12H,1-3H3. The van der Waals surface area contributed by atoms with Crippen LogP contribution in [0.1, 0.15) is 31.9 Å². The maximum absolute atomic E-state index is 8.83. The van der Waals surface area contributed by atoms with Crippen LogP contribution in [0, 0.1) is 6.61 Å². The van der Waals surface area contributed by atoms with Crippen LogP contribution in [-0.4, -0.2) is 5.11 Å². The minimum absolute atomic E-state index is 0.0618. The summed E-state index contributed by atoms with van der Waals surface area (Å²) in [4.78, 5) is 0. The first kappa shape index (κ1) is 9.27. The molecule has 0 heterocycles. The van der Waals surface area contributed by atoms with Crippen LogP contribution in [0.2, 0.25) is 0 Å². The minimum Gasteiger partial charge on any atom is -0.378 e. The van der Waals surface area contributed by atoms with Crippen molar-refractivity contribution in [2.75, 3.05) is 0 Å². The quantitative estimate of drug-likeness (QED) is 0.673. The zero-order valence-electron chi connectivity index (χ0n) is 7.76.